The fourth-order valence-corrected chi connectivity index (χ4v) is 3.96. The number of benzene rings is 2. The number of nitrogens with zero attached hydrogens (tertiary/aromatic N) is 2. The molecule has 2 aromatic rings. The summed E-state index contributed by atoms with van der Waals surface area (Å²) in [5, 5.41) is 2.85. The van der Waals surface area contributed by atoms with Gasteiger partial charge in [-0.15, -0.1) is 0 Å². The summed E-state index contributed by atoms with van der Waals surface area (Å²) in [6.07, 6.45) is 0.0498. The summed E-state index contributed by atoms with van der Waals surface area (Å²) < 4.78 is 10.7. The Labute approximate surface area is 174 Å². The normalized spacial score (nSPS) is 17.5. The second-order valence-electron chi connectivity index (χ2n) is 6.28. The van der Waals surface area contributed by atoms with Gasteiger partial charge in [-0.05, 0) is 43.3 Å². The largest absolute Gasteiger partial charge is 0.495 e. The number of hydrogen-bond acceptors (Lipinski definition) is 6. The van der Waals surface area contributed by atoms with Crippen molar-refractivity contribution in [3.05, 3.63) is 48.5 Å². The van der Waals surface area contributed by atoms with Gasteiger partial charge in [0.05, 0.1) is 25.1 Å². The molecule has 1 heterocycles. The van der Waals surface area contributed by atoms with Gasteiger partial charge in [0.25, 0.3) is 0 Å². The number of rotatable bonds is 7. The number of anilines is 1. The van der Waals surface area contributed by atoms with E-state index in [1.54, 1.807) is 26.3 Å². The molecule has 1 atom stereocenters. The Hall–Kier alpha value is -3.00. The quantitative estimate of drug-likeness (QED) is 0.749. The summed E-state index contributed by atoms with van der Waals surface area (Å²) in [6, 6.07) is 14.5. The summed E-state index contributed by atoms with van der Waals surface area (Å²) in [5.74, 6) is 0.942. The number of aliphatic imine (C=N–C) groups is 1. The molecule has 1 aliphatic rings. The van der Waals surface area contributed by atoms with Gasteiger partial charge in [0, 0.05) is 13.5 Å². The monoisotopic (exact) mass is 413 g/mol. The van der Waals surface area contributed by atoms with Gasteiger partial charge >= 0.3 is 0 Å². The first-order valence-electron chi connectivity index (χ1n) is 9.20. The van der Waals surface area contributed by atoms with E-state index in [0.29, 0.717) is 23.2 Å². The third-order valence-corrected chi connectivity index (χ3v) is 5.49. The SMILES string of the molecule is CCOc1ccc(N=C2S[C@@H](CC(=O)Nc3ccccc3OC)C(=O)N2C)cc1. The maximum absolute atomic E-state index is 12.6. The van der Waals surface area contributed by atoms with Crippen LogP contribution in [0.2, 0.25) is 0 Å². The van der Waals surface area contributed by atoms with Gasteiger partial charge in [-0.3, -0.25) is 14.5 Å². The minimum atomic E-state index is -0.517. The van der Waals surface area contributed by atoms with Crippen LogP contribution in [0.5, 0.6) is 11.5 Å². The molecule has 1 fully saturated rings. The Morgan fingerprint density at radius 3 is 2.62 bits per heavy atom. The zero-order valence-corrected chi connectivity index (χ0v) is 17.4. The highest BCUT2D eigenvalue weighted by molar-refractivity contribution is 8.15. The molecule has 1 saturated heterocycles. The topological polar surface area (TPSA) is 80.2 Å². The van der Waals surface area contributed by atoms with Gasteiger partial charge < -0.3 is 14.8 Å². The first-order valence-corrected chi connectivity index (χ1v) is 10.1. The van der Waals surface area contributed by atoms with Gasteiger partial charge in [0.1, 0.15) is 16.7 Å². The smallest absolute Gasteiger partial charge is 0.242 e. The predicted octanol–water partition coefficient (Wildman–Crippen LogP) is 3.68. The minimum absolute atomic E-state index is 0.0498. The number of carbonyl (C=O) groups is 2. The standard InChI is InChI=1S/C21H23N3O4S/c1-4-28-15-11-9-14(10-12-15)22-21-24(2)20(26)18(29-21)13-19(25)23-16-7-5-6-8-17(16)27-3/h5-12,18H,4,13H2,1-3H3,(H,23,25)/t18-/m0/s1. The van der Waals surface area contributed by atoms with E-state index in [1.165, 1.54) is 16.7 Å². The Morgan fingerprint density at radius 2 is 1.93 bits per heavy atom. The van der Waals surface area contributed by atoms with E-state index in [2.05, 4.69) is 10.3 Å². The molecule has 29 heavy (non-hydrogen) atoms. The number of methoxy groups -OCH3 is 1. The lowest BCUT2D eigenvalue weighted by Crippen LogP contribution is -2.30. The summed E-state index contributed by atoms with van der Waals surface area (Å²) in [4.78, 5) is 31.0. The fourth-order valence-electron chi connectivity index (χ4n) is 2.81. The molecule has 0 radical (unpaired) electrons. The second-order valence-corrected chi connectivity index (χ2v) is 7.45. The van der Waals surface area contributed by atoms with E-state index in [4.69, 9.17) is 9.47 Å². The number of amidine groups is 1. The van der Waals surface area contributed by atoms with Crippen LogP contribution in [0.3, 0.4) is 0 Å². The zero-order valence-electron chi connectivity index (χ0n) is 16.5. The summed E-state index contributed by atoms with van der Waals surface area (Å²) in [5.41, 5.74) is 1.29. The number of thioether (sulfide) groups is 1. The third-order valence-electron chi connectivity index (χ3n) is 4.26. The molecule has 0 saturated carbocycles. The molecule has 0 aromatic heterocycles. The molecule has 0 aliphatic carbocycles. The van der Waals surface area contributed by atoms with Crippen molar-refractivity contribution in [3.63, 3.8) is 0 Å². The average molecular weight is 413 g/mol. The van der Waals surface area contributed by atoms with Crippen LogP contribution in [0.25, 0.3) is 0 Å². The molecule has 152 valence electrons. The van der Waals surface area contributed by atoms with Gasteiger partial charge in [-0.2, -0.15) is 0 Å². The van der Waals surface area contributed by atoms with Crippen molar-refractivity contribution >= 4 is 40.1 Å². The van der Waals surface area contributed by atoms with Crippen molar-refractivity contribution in [1.29, 1.82) is 0 Å². The van der Waals surface area contributed by atoms with Crippen molar-refractivity contribution in [2.75, 3.05) is 26.1 Å². The highest BCUT2D eigenvalue weighted by Crippen LogP contribution is 2.32. The van der Waals surface area contributed by atoms with Crippen LogP contribution in [0.15, 0.2) is 53.5 Å². The first-order chi connectivity index (χ1) is 14.0. The summed E-state index contributed by atoms with van der Waals surface area (Å²) in [6.45, 7) is 2.52. The minimum Gasteiger partial charge on any atom is -0.495 e. The molecular formula is C21H23N3O4S. The summed E-state index contributed by atoms with van der Waals surface area (Å²) in [7, 11) is 3.21. The lowest BCUT2D eigenvalue weighted by molar-refractivity contribution is -0.127. The molecule has 7 nitrogen and oxygen atoms in total. The third kappa shape index (κ3) is 5.08. The van der Waals surface area contributed by atoms with Crippen molar-refractivity contribution in [2.24, 2.45) is 4.99 Å². The number of hydrogen-bond donors (Lipinski definition) is 1. The Bertz CT molecular complexity index is 914. The maximum Gasteiger partial charge on any atom is 0.242 e. The molecule has 1 aliphatic heterocycles. The zero-order chi connectivity index (χ0) is 20.8. The van der Waals surface area contributed by atoms with E-state index in [1.807, 2.05) is 43.3 Å². The first kappa shape index (κ1) is 20.7. The van der Waals surface area contributed by atoms with Gasteiger partial charge in [-0.1, -0.05) is 23.9 Å². The highest BCUT2D eigenvalue weighted by atomic mass is 32.2. The van der Waals surface area contributed by atoms with E-state index in [0.717, 1.165) is 11.4 Å². The van der Waals surface area contributed by atoms with Crippen molar-refractivity contribution in [1.82, 2.24) is 4.90 Å². The predicted molar refractivity (Wildman–Crippen MR) is 115 cm³/mol. The molecule has 1 N–H and O–H groups in total. The fraction of sp³-hybridized carbons (Fsp3) is 0.286. The Morgan fingerprint density at radius 1 is 1.21 bits per heavy atom. The van der Waals surface area contributed by atoms with Crippen LogP contribution in [0.1, 0.15) is 13.3 Å². The lowest BCUT2D eigenvalue weighted by Gasteiger charge is -2.11. The van der Waals surface area contributed by atoms with Crippen molar-refractivity contribution in [3.8, 4) is 11.5 Å². The highest BCUT2D eigenvalue weighted by Gasteiger charge is 2.37. The van der Waals surface area contributed by atoms with Crippen LogP contribution >= 0.6 is 11.8 Å². The van der Waals surface area contributed by atoms with E-state index in [9.17, 15) is 9.59 Å². The molecule has 2 aromatic carbocycles. The van der Waals surface area contributed by atoms with Crippen molar-refractivity contribution < 1.29 is 19.1 Å². The van der Waals surface area contributed by atoms with Crippen LogP contribution < -0.4 is 14.8 Å². The lowest BCUT2D eigenvalue weighted by atomic mass is 10.2. The number of para-hydroxylation sites is 2. The number of amides is 2. The Kier molecular flexibility index (Phi) is 6.77. The van der Waals surface area contributed by atoms with E-state index >= 15 is 0 Å². The second kappa shape index (κ2) is 9.47. The van der Waals surface area contributed by atoms with Gasteiger partial charge in [0.15, 0.2) is 5.17 Å². The van der Waals surface area contributed by atoms with E-state index in [-0.39, 0.29) is 18.2 Å². The van der Waals surface area contributed by atoms with E-state index < -0.39 is 5.25 Å². The van der Waals surface area contributed by atoms with Gasteiger partial charge in [-0.25, -0.2) is 4.99 Å². The molecule has 3 rings (SSSR count). The average Bonchev–Trinajstić information content (AvgIpc) is 2.98. The maximum atomic E-state index is 12.6. The molecule has 0 unspecified atom stereocenters. The molecule has 0 spiro atoms. The molecule has 2 amide bonds. The molecule has 0 bridgehead atoms. The molecule has 8 heteroatoms. The number of nitrogens with one attached hydrogen (secondary N) is 1. The molecular weight excluding hydrogens is 390 g/mol. The van der Waals surface area contributed by atoms with Crippen LogP contribution in [0, 0.1) is 0 Å². The number of carbonyl (C=O) groups excluding carboxylic acids is 2. The van der Waals surface area contributed by atoms with Crippen LogP contribution in [0.4, 0.5) is 11.4 Å². The van der Waals surface area contributed by atoms with Gasteiger partial charge in [0.2, 0.25) is 11.8 Å². The van der Waals surface area contributed by atoms with Crippen LogP contribution in [-0.2, 0) is 9.59 Å². The van der Waals surface area contributed by atoms with Crippen LogP contribution in [-0.4, -0.2) is 47.9 Å². The number of ether oxygens (including phenoxy) is 2. The summed E-state index contributed by atoms with van der Waals surface area (Å²) >= 11 is 1.29. The van der Waals surface area contributed by atoms with Crippen molar-refractivity contribution in [2.45, 2.75) is 18.6 Å². The Balaban J connectivity index is 1.65.